The number of rotatable bonds is 3. The van der Waals surface area contributed by atoms with Crippen molar-refractivity contribution in [3.8, 4) is 0 Å². The molecule has 1 aromatic rings. The molecule has 2 heterocycles. The molecule has 0 aliphatic carbocycles. The van der Waals surface area contributed by atoms with Gasteiger partial charge < -0.3 is 15.0 Å². The number of nitrogens with zero attached hydrogens (tertiary/aromatic N) is 1. The highest BCUT2D eigenvalue weighted by Crippen LogP contribution is 2.36. The molecule has 4 nitrogen and oxygen atoms in total. The van der Waals surface area contributed by atoms with E-state index in [0.717, 1.165) is 23.1 Å². The van der Waals surface area contributed by atoms with Crippen molar-refractivity contribution < 1.29 is 9.31 Å². The summed E-state index contributed by atoms with van der Waals surface area (Å²) < 4.78 is 12.2. The smallest absolute Gasteiger partial charge is 0.399 e. The first-order valence-corrected chi connectivity index (χ1v) is 6.78. The van der Waals surface area contributed by atoms with Gasteiger partial charge >= 0.3 is 7.12 Å². The highest BCUT2D eigenvalue weighted by molar-refractivity contribution is 6.63. The lowest BCUT2D eigenvalue weighted by atomic mass is 9.74. The Kier molecular flexibility index (Phi) is 3.73. The minimum Gasteiger partial charge on any atom is -0.399 e. The monoisotopic (exact) mass is 262 g/mol. The van der Waals surface area contributed by atoms with Crippen LogP contribution in [0.4, 0.5) is 0 Å². The topological polar surface area (TPSA) is 57.4 Å². The van der Waals surface area contributed by atoms with E-state index in [9.17, 15) is 0 Å². The summed E-state index contributed by atoms with van der Waals surface area (Å²) in [5, 5.41) is 0. The van der Waals surface area contributed by atoms with E-state index in [1.807, 2.05) is 19.2 Å². The van der Waals surface area contributed by atoms with Crippen molar-refractivity contribution in [2.45, 2.75) is 52.2 Å². The van der Waals surface area contributed by atoms with Gasteiger partial charge in [0.25, 0.3) is 0 Å². The molecular weight excluding hydrogens is 239 g/mol. The lowest BCUT2D eigenvalue weighted by Crippen LogP contribution is -2.41. The van der Waals surface area contributed by atoms with E-state index < -0.39 is 0 Å². The second-order valence-corrected chi connectivity index (χ2v) is 6.10. The number of pyridine rings is 1. The van der Waals surface area contributed by atoms with Crippen LogP contribution in [0.5, 0.6) is 0 Å². The van der Waals surface area contributed by atoms with Crippen LogP contribution in [0.1, 0.15) is 39.0 Å². The normalized spacial score (nSPS) is 20.8. The molecule has 104 valence electrons. The Labute approximate surface area is 115 Å². The van der Waals surface area contributed by atoms with Crippen molar-refractivity contribution in [2.24, 2.45) is 5.73 Å². The Hall–Kier alpha value is -0.905. The summed E-state index contributed by atoms with van der Waals surface area (Å²) >= 11 is 0. The molecule has 19 heavy (non-hydrogen) atoms. The number of aryl methyl sites for hydroxylation is 1. The molecule has 1 saturated heterocycles. The van der Waals surface area contributed by atoms with Gasteiger partial charge in [-0.25, -0.2) is 0 Å². The number of hydrogen-bond donors (Lipinski definition) is 1. The Balaban J connectivity index is 2.39. The molecule has 2 rings (SSSR count). The highest BCUT2D eigenvalue weighted by atomic mass is 16.7. The molecule has 0 amide bonds. The van der Waals surface area contributed by atoms with Crippen LogP contribution in [0, 0.1) is 6.92 Å². The second kappa shape index (κ2) is 4.89. The average molecular weight is 262 g/mol. The predicted octanol–water partition coefficient (Wildman–Crippen LogP) is 1.19. The predicted molar refractivity (Wildman–Crippen MR) is 77.4 cm³/mol. The van der Waals surface area contributed by atoms with Gasteiger partial charge in [0.2, 0.25) is 0 Å². The van der Waals surface area contributed by atoms with Crippen molar-refractivity contribution in [2.75, 3.05) is 6.54 Å². The largest absolute Gasteiger partial charge is 0.496 e. The van der Waals surface area contributed by atoms with Gasteiger partial charge in [-0.2, -0.15) is 0 Å². The van der Waals surface area contributed by atoms with E-state index in [-0.39, 0.29) is 18.3 Å². The third-order valence-corrected chi connectivity index (χ3v) is 4.18. The Bertz CT molecular complexity index is 459. The molecule has 0 unspecified atom stereocenters. The molecule has 1 aliphatic rings. The molecule has 2 N–H and O–H groups in total. The summed E-state index contributed by atoms with van der Waals surface area (Å²) in [7, 11) is -0.361. The van der Waals surface area contributed by atoms with Crippen molar-refractivity contribution in [1.82, 2.24) is 4.98 Å². The van der Waals surface area contributed by atoms with E-state index in [2.05, 4.69) is 32.7 Å². The van der Waals surface area contributed by atoms with Crippen molar-refractivity contribution >= 4 is 12.6 Å². The van der Waals surface area contributed by atoms with Gasteiger partial charge in [-0.3, -0.25) is 4.98 Å². The minimum absolute atomic E-state index is 0.333. The quantitative estimate of drug-likeness (QED) is 0.831. The van der Waals surface area contributed by atoms with Gasteiger partial charge in [0, 0.05) is 17.4 Å². The maximum Gasteiger partial charge on any atom is 0.496 e. The molecule has 0 aromatic carbocycles. The highest BCUT2D eigenvalue weighted by Gasteiger charge is 2.52. The average Bonchev–Trinajstić information content (AvgIpc) is 2.48. The molecule has 0 atom stereocenters. The first-order chi connectivity index (χ1) is 8.78. The Morgan fingerprint density at radius 1 is 1.21 bits per heavy atom. The molecule has 5 heteroatoms. The zero-order chi connectivity index (χ0) is 14.3. The zero-order valence-corrected chi connectivity index (χ0v) is 12.5. The summed E-state index contributed by atoms with van der Waals surface area (Å²) in [6.45, 7) is 10.8. The SMILES string of the molecule is Cc1nccc(CCN)c1B1OC(C)(C)C(C)(C)O1. The molecule has 0 saturated carbocycles. The van der Waals surface area contributed by atoms with Crippen LogP contribution in [0.15, 0.2) is 12.3 Å². The zero-order valence-electron chi connectivity index (χ0n) is 12.5. The van der Waals surface area contributed by atoms with Gasteiger partial charge in [-0.15, -0.1) is 0 Å². The van der Waals surface area contributed by atoms with Crippen LogP contribution >= 0.6 is 0 Å². The van der Waals surface area contributed by atoms with E-state index in [1.165, 1.54) is 0 Å². The van der Waals surface area contributed by atoms with E-state index in [1.54, 1.807) is 0 Å². The molecule has 0 spiro atoms. The Morgan fingerprint density at radius 2 is 1.79 bits per heavy atom. The van der Waals surface area contributed by atoms with Gasteiger partial charge in [0.1, 0.15) is 0 Å². The fourth-order valence-corrected chi connectivity index (χ4v) is 2.29. The fourth-order valence-electron chi connectivity index (χ4n) is 2.29. The summed E-state index contributed by atoms with van der Waals surface area (Å²) in [4.78, 5) is 4.36. The van der Waals surface area contributed by atoms with Crippen LogP contribution in [0.3, 0.4) is 0 Å². The summed E-state index contributed by atoms with van der Waals surface area (Å²) in [5.74, 6) is 0. The van der Waals surface area contributed by atoms with Crippen LogP contribution in [0.2, 0.25) is 0 Å². The van der Waals surface area contributed by atoms with Gasteiger partial charge in [0.15, 0.2) is 0 Å². The number of hydrogen-bond acceptors (Lipinski definition) is 4. The van der Waals surface area contributed by atoms with Gasteiger partial charge in [0.05, 0.1) is 11.2 Å². The van der Waals surface area contributed by atoms with Crippen molar-refractivity contribution in [1.29, 1.82) is 0 Å². The third-order valence-electron chi connectivity index (χ3n) is 4.18. The molecule has 0 bridgehead atoms. The van der Waals surface area contributed by atoms with Crippen LogP contribution in [-0.2, 0) is 15.7 Å². The fraction of sp³-hybridized carbons (Fsp3) is 0.643. The number of nitrogens with two attached hydrogens (primary N) is 1. The van der Waals surface area contributed by atoms with Crippen molar-refractivity contribution in [3.05, 3.63) is 23.5 Å². The third kappa shape index (κ3) is 2.55. The summed E-state index contributed by atoms with van der Waals surface area (Å²) in [5.41, 5.74) is 8.16. The molecule has 1 fully saturated rings. The van der Waals surface area contributed by atoms with Gasteiger partial charge in [-0.05, 0) is 59.2 Å². The summed E-state index contributed by atoms with van der Waals surface area (Å²) in [6.07, 6.45) is 2.62. The maximum absolute atomic E-state index is 6.11. The maximum atomic E-state index is 6.11. The minimum atomic E-state index is -0.361. The second-order valence-electron chi connectivity index (χ2n) is 6.10. The van der Waals surface area contributed by atoms with Crippen molar-refractivity contribution in [3.63, 3.8) is 0 Å². The molecule has 1 aliphatic heterocycles. The number of aromatic nitrogens is 1. The lowest BCUT2D eigenvalue weighted by Gasteiger charge is -2.32. The van der Waals surface area contributed by atoms with Crippen LogP contribution in [0.25, 0.3) is 0 Å². The van der Waals surface area contributed by atoms with E-state index >= 15 is 0 Å². The molecule has 0 radical (unpaired) electrons. The standard InChI is InChI=1S/C14H23BN2O2/c1-10-12(11(6-8-16)7-9-17-10)15-18-13(2,3)14(4,5)19-15/h7,9H,6,8,16H2,1-5H3. The molecule has 1 aromatic heterocycles. The van der Waals surface area contributed by atoms with Gasteiger partial charge in [-0.1, -0.05) is 0 Å². The van der Waals surface area contributed by atoms with E-state index in [4.69, 9.17) is 15.0 Å². The first-order valence-electron chi connectivity index (χ1n) is 6.78. The summed E-state index contributed by atoms with van der Waals surface area (Å²) in [6, 6.07) is 2.00. The van der Waals surface area contributed by atoms with Crippen LogP contribution < -0.4 is 11.2 Å². The Morgan fingerprint density at radius 3 is 2.32 bits per heavy atom. The first kappa shape index (κ1) is 14.5. The van der Waals surface area contributed by atoms with E-state index in [0.29, 0.717) is 6.54 Å². The van der Waals surface area contributed by atoms with Crippen LogP contribution in [-0.4, -0.2) is 29.8 Å². The molecular formula is C14H23BN2O2. The lowest BCUT2D eigenvalue weighted by molar-refractivity contribution is 0.00578.